The van der Waals surface area contributed by atoms with E-state index in [2.05, 4.69) is 26.3 Å². The Balaban J connectivity index is 1.84. The number of hydrogen-bond donors (Lipinski definition) is 3. The summed E-state index contributed by atoms with van der Waals surface area (Å²) in [5, 5.41) is 3.28. The minimum absolute atomic E-state index is 0.576. The molecule has 90 valence electrons. The molecule has 0 saturated heterocycles. The fourth-order valence-corrected chi connectivity index (χ4v) is 1.60. The van der Waals surface area contributed by atoms with Crippen LogP contribution in [0.15, 0.2) is 30.7 Å². The Bertz CT molecular complexity index is 438. The fraction of sp³-hybridized carbons (Fsp3) is 0.333. The molecular formula is C12H17N5. The highest BCUT2D eigenvalue weighted by molar-refractivity contribution is 5.33. The second-order valence-electron chi connectivity index (χ2n) is 3.79. The zero-order valence-corrected chi connectivity index (χ0v) is 9.69. The molecule has 2 heterocycles. The van der Waals surface area contributed by atoms with Crippen LogP contribution < -0.4 is 11.1 Å². The summed E-state index contributed by atoms with van der Waals surface area (Å²) in [4.78, 5) is 11.6. The number of nitrogens with two attached hydrogens (primary N) is 1. The number of hydrogen-bond acceptors (Lipinski definition) is 4. The lowest BCUT2D eigenvalue weighted by atomic mass is 10.2. The summed E-state index contributed by atoms with van der Waals surface area (Å²) in [5.41, 5.74) is 6.76. The molecule has 0 spiro atoms. The Labute approximate surface area is 100 Å². The minimum Gasteiger partial charge on any atom is -0.370 e. The van der Waals surface area contributed by atoms with Crippen LogP contribution in [0.3, 0.4) is 0 Å². The van der Waals surface area contributed by atoms with Gasteiger partial charge in [0.2, 0.25) is 0 Å². The van der Waals surface area contributed by atoms with E-state index in [1.54, 1.807) is 6.20 Å². The summed E-state index contributed by atoms with van der Waals surface area (Å²) in [6, 6.07) is 3.94. The standard InChI is InChI=1S/C12H17N5/c13-5-1-11-16-8-4-12(17-11)15-7-3-10-2-6-14-9-10/h2,4,6,8-9,14H,1,3,5,7,13H2,(H,15,16,17). The summed E-state index contributed by atoms with van der Waals surface area (Å²) < 4.78 is 0. The average molecular weight is 231 g/mol. The van der Waals surface area contributed by atoms with Crippen LogP contribution in [-0.2, 0) is 12.8 Å². The van der Waals surface area contributed by atoms with Crippen LogP contribution in [-0.4, -0.2) is 28.0 Å². The average Bonchev–Trinajstić information content (AvgIpc) is 2.83. The van der Waals surface area contributed by atoms with E-state index in [1.807, 2.05) is 18.5 Å². The smallest absolute Gasteiger partial charge is 0.131 e. The van der Waals surface area contributed by atoms with Gasteiger partial charge in [0.1, 0.15) is 11.6 Å². The maximum atomic E-state index is 5.47. The zero-order valence-electron chi connectivity index (χ0n) is 9.69. The molecule has 2 aromatic rings. The monoisotopic (exact) mass is 231 g/mol. The molecule has 0 aliphatic carbocycles. The molecule has 0 bridgehead atoms. The molecule has 0 atom stereocenters. The van der Waals surface area contributed by atoms with Gasteiger partial charge in [-0.25, -0.2) is 9.97 Å². The molecule has 5 heteroatoms. The molecular weight excluding hydrogens is 214 g/mol. The summed E-state index contributed by atoms with van der Waals surface area (Å²) in [5.74, 6) is 1.65. The lowest BCUT2D eigenvalue weighted by Gasteiger charge is -2.05. The van der Waals surface area contributed by atoms with E-state index in [4.69, 9.17) is 5.73 Å². The van der Waals surface area contributed by atoms with Gasteiger partial charge in [0.15, 0.2) is 0 Å². The van der Waals surface area contributed by atoms with E-state index in [-0.39, 0.29) is 0 Å². The van der Waals surface area contributed by atoms with Crippen LogP contribution in [0.1, 0.15) is 11.4 Å². The summed E-state index contributed by atoms with van der Waals surface area (Å²) >= 11 is 0. The molecule has 17 heavy (non-hydrogen) atoms. The minimum atomic E-state index is 0.576. The molecule has 0 saturated carbocycles. The van der Waals surface area contributed by atoms with Crippen molar-refractivity contribution in [1.82, 2.24) is 15.0 Å². The third-order valence-corrected chi connectivity index (χ3v) is 2.46. The summed E-state index contributed by atoms with van der Waals surface area (Å²) in [6.07, 6.45) is 7.38. The van der Waals surface area contributed by atoms with Gasteiger partial charge in [0.25, 0.3) is 0 Å². The van der Waals surface area contributed by atoms with Gasteiger partial charge in [-0.15, -0.1) is 0 Å². The van der Waals surface area contributed by atoms with Crippen LogP contribution >= 0.6 is 0 Å². The van der Waals surface area contributed by atoms with Gasteiger partial charge in [-0.1, -0.05) is 0 Å². The second-order valence-corrected chi connectivity index (χ2v) is 3.79. The van der Waals surface area contributed by atoms with Crippen LogP contribution in [0.5, 0.6) is 0 Å². The largest absolute Gasteiger partial charge is 0.370 e. The van der Waals surface area contributed by atoms with Gasteiger partial charge in [0.05, 0.1) is 0 Å². The first-order valence-electron chi connectivity index (χ1n) is 5.76. The highest BCUT2D eigenvalue weighted by Crippen LogP contribution is 2.03. The van der Waals surface area contributed by atoms with Gasteiger partial charge in [-0.05, 0) is 30.7 Å². The normalized spacial score (nSPS) is 10.4. The Morgan fingerprint density at radius 3 is 3.00 bits per heavy atom. The molecule has 0 radical (unpaired) electrons. The molecule has 0 aliphatic rings. The molecule has 0 unspecified atom stereocenters. The van der Waals surface area contributed by atoms with Crippen molar-refractivity contribution in [3.63, 3.8) is 0 Å². The predicted molar refractivity (Wildman–Crippen MR) is 67.8 cm³/mol. The predicted octanol–water partition coefficient (Wildman–Crippen LogP) is 0.960. The van der Waals surface area contributed by atoms with Gasteiger partial charge in [0, 0.05) is 31.6 Å². The number of nitrogens with one attached hydrogen (secondary N) is 2. The number of H-pyrrole nitrogens is 1. The van der Waals surface area contributed by atoms with Crippen LogP contribution in [0.2, 0.25) is 0 Å². The Morgan fingerprint density at radius 1 is 1.29 bits per heavy atom. The number of aromatic nitrogens is 3. The van der Waals surface area contributed by atoms with E-state index in [9.17, 15) is 0 Å². The first-order valence-corrected chi connectivity index (χ1v) is 5.76. The van der Waals surface area contributed by atoms with Crippen molar-refractivity contribution in [2.75, 3.05) is 18.4 Å². The maximum Gasteiger partial charge on any atom is 0.131 e. The first-order chi connectivity index (χ1) is 8.38. The van der Waals surface area contributed by atoms with E-state index in [0.29, 0.717) is 13.0 Å². The maximum absolute atomic E-state index is 5.47. The highest BCUT2D eigenvalue weighted by Gasteiger charge is 1.98. The Hall–Kier alpha value is -1.88. The van der Waals surface area contributed by atoms with Crippen molar-refractivity contribution >= 4 is 5.82 Å². The molecule has 0 amide bonds. The second kappa shape index (κ2) is 6.00. The van der Waals surface area contributed by atoms with Crippen molar-refractivity contribution in [1.29, 1.82) is 0 Å². The summed E-state index contributed by atoms with van der Waals surface area (Å²) in [7, 11) is 0. The third kappa shape index (κ3) is 3.57. The van der Waals surface area contributed by atoms with E-state index < -0.39 is 0 Å². The van der Waals surface area contributed by atoms with Gasteiger partial charge >= 0.3 is 0 Å². The molecule has 4 N–H and O–H groups in total. The van der Waals surface area contributed by atoms with E-state index in [0.717, 1.165) is 24.6 Å². The third-order valence-electron chi connectivity index (χ3n) is 2.46. The van der Waals surface area contributed by atoms with Crippen molar-refractivity contribution in [3.8, 4) is 0 Å². The topological polar surface area (TPSA) is 79.6 Å². The van der Waals surface area contributed by atoms with Crippen LogP contribution in [0.25, 0.3) is 0 Å². The first kappa shape index (κ1) is 11.6. The van der Waals surface area contributed by atoms with Crippen molar-refractivity contribution in [2.45, 2.75) is 12.8 Å². The summed E-state index contributed by atoms with van der Waals surface area (Å²) in [6.45, 7) is 1.43. The zero-order chi connectivity index (χ0) is 11.9. The lowest BCUT2D eigenvalue weighted by molar-refractivity contribution is 0.864. The molecule has 5 nitrogen and oxygen atoms in total. The van der Waals surface area contributed by atoms with Crippen LogP contribution in [0, 0.1) is 0 Å². The molecule has 0 fully saturated rings. The van der Waals surface area contributed by atoms with Gasteiger partial charge in [-0.2, -0.15) is 0 Å². The van der Waals surface area contributed by atoms with Crippen molar-refractivity contribution in [2.24, 2.45) is 5.73 Å². The van der Waals surface area contributed by atoms with Crippen molar-refractivity contribution < 1.29 is 0 Å². The van der Waals surface area contributed by atoms with E-state index >= 15 is 0 Å². The quantitative estimate of drug-likeness (QED) is 0.692. The SMILES string of the molecule is NCCc1nccc(NCCc2cc[nH]c2)n1. The van der Waals surface area contributed by atoms with Gasteiger partial charge < -0.3 is 16.0 Å². The van der Waals surface area contributed by atoms with Gasteiger partial charge in [-0.3, -0.25) is 0 Å². The Morgan fingerprint density at radius 2 is 2.24 bits per heavy atom. The Kier molecular flexibility index (Phi) is 4.10. The number of nitrogens with zero attached hydrogens (tertiary/aromatic N) is 2. The highest BCUT2D eigenvalue weighted by atomic mass is 15.0. The lowest BCUT2D eigenvalue weighted by Crippen LogP contribution is -2.10. The molecule has 2 rings (SSSR count). The fourth-order valence-electron chi connectivity index (χ4n) is 1.60. The van der Waals surface area contributed by atoms with Crippen LogP contribution in [0.4, 0.5) is 5.82 Å². The number of aromatic amines is 1. The molecule has 2 aromatic heterocycles. The number of rotatable bonds is 6. The number of anilines is 1. The van der Waals surface area contributed by atoms with Crippen molar-refractivity contribution in [3.05, 3.63) is 42.1 Å². The van der Waals surface area contributed by atoms with E-state index in [1.165, 1.54) is 5.56 Å². The molecule has 0 aliphatic heterocycles. The molecule has 0 aromatic carbocycles.